The van der Waals surface area contributed by atoms with E-state index in [0.29, 0.717) is 0 Å². The molecule has 1 aromatic carbocycles. The van der Waals surface area contributed by atoms with Gasteiger partial charge >= 0.3 is 0 Å². The lowest BCUT2D eigenvalue weighted by Gasteiger charge is -2.13. The van der Waals surface area contributed by atoms with E-state index in [-0.39, 0.29) is 17.3 Å². The first-order valence-corrected chi connectivity index (χ1v) is 5.64. The number of ether oxygens (including phenoxy) is 1. The van der Waals surface area contributed by atoms with Crippen LogP contribution in [-0.2, 0) is 10.1 Å². The summed E-state index contributed by atoms with van der Waals surface area (Å²) in [5.74, 6) is 0.0653. The third-order valence-electron chi connectivity index (χ3n) is 1.59. The molecule has 0 saturated heterocycles. The minimum atomic E-state index is -4.49. The number of hydrogen-bond acceptors (Lipinski definition) is 4. The largest absolute Gasteiger partial charge is 0.744 e. The summed E-state index contributed by atoms with van der Waals surface area (Å²) >= 11 is 0. The van der Waals surface area contributed by atoms with Crippen LogP contribution >= 0.6 is 0 Å². The third-order valence-corrected chi connectivity index (χ3v) is 2.47. The summed E-state index contributed by atoms with van der Waals surface area (Å²) in [7, 11) is -4.49. The van der Waals surface area contributed by atoms with Gasteiger partial charge in [0.2, 0.25) is 0 Å². The molecule has 4 nitrogen and oxygen atoms in total. The van der Waals surface area contributed by atoms with Crippen LogP contribution in [0.2, 0.25) is 0 Å². The first kappa shape index (κ1) is 11.7. The van der Waals surface area contributed by atoms with Crippen molar-refractivity contribution in [3.8, 4) is 5.75 Å². The molecule has 0 aliphatic carbocycles. The Balaban J connectivity index is 3.02. The number of hydrogen-bond donors (Lipinski definition) is 0. The van der Waals surface area contributed by atoms with Gasteiger partial charge in [0.25, 0.3) is 0 Å². The Bertz CT molecular complexity index is 462. The molecule has 0 radical (unpaired) electrons. The quantitative estimate of drug-likeness (QED) is 0.578. The van der Waals surface area contributed by atoms with Gasteiger partial charge in [-0.15, -0.1) is 0 Å². The zero-order valence-corrected chi connectivity index (χ0v) is 9.08. The minimum absolute atomic E-state index is 0.0653. The van der Waals surface area contributed by atoms with E-state index in [1.54, 1.807) is 13.0 Å². The van der Waals surface area contributed by atoms with Crippen LogP contribution in [0.1, 0.15) is 6.92 Å². The van der Waals surface area contributed by atoms with Gasteiger partial charge in [0.05, 0.1) is 4.90 Å². The molecule has 0 fully saturated rings. The standard InChI is InChI=1S/C10H12O4S/c1-8(2)7-14-9-5-3-4-6-10(9)15(11,12)13/h3-6H,1,7H2,2H3,(H,11,12,13)/p-1. The Kier molecular flexibility index (Phi) is 3.49. The smallest absolute Gasteiger partial charge is 0.137 e. The lowest BCUT2D eigenvalue weighted by Crippen LogP contribution is -2.05. The first-order chi connectivity index (χ1) is 6.91. The van der Waals surface area contributed by atoms with Crippen molar-refractivity contribution in [3.63, 3.8) is 0 Å². The number of benzene rings is 1. The Morgan fingerprint density at radius 3 is 2.60 bits per heavy atom. The molecule has 0 atom stereocenters. The average Bonchev–Trinajstić information content (AvgIpc) is 2.13. The van der Waals surface area contributed by atoms with Crippen LogP contribution in [0, 0.1) is 0 Å². The van der Waals surface area contributed by atoms with Gasteiger partial charge in [0.1, 0.15) is 22.5 Å². The monoisotopic (exact) mass is 227 g/mol. The molecule has 0 aromatic heterocycles. The zero-order chi connectivity index (χ0) is 11.5. The van der Waals surface area contributed by atoms with Gasteiger partial charge in [-0.2, -0.15) is 0 Å². The van der Waals surface area contributed by atoms with Gasteiger partial charge in [0, 0.05) is 0 Å². The van der Waals surface area contributed by atoms with Crippen molar-refractivity contribution in [2.24, 2.45) is 0 Å². The van der Waals surface area contributed by atoms with Crippen molar-refractivity contribution >= 4 is 10.1 Å². The second kappa shape index (κ2) is 4.46. The fourth-order valence-electron chi connectivity index (χ4n) is 0.977. The molecule has 0 spiro atoms. The van der Waals surface area contributed by atoms with Crippen molar-refractivity contribution in [1.82, 2.24) is 0 Å². The summed E-state index contributed by atoms with van der Waals surface area (Å²) in [5, 5.41) is 0. The summed E-state index contributed by atoms with van der Waals surface area (Å²) in [5.41, 5.74) is 0.744. The lowest BCUT2D eigenvalue weighted by molar-refractivity contribution is 0.340. The normalized spacial score (nSPS) is 11.1. The summed E-state index contributed by atoms with van der Waals surface area (Å²) in [6, 6.07) is 5.73. The molecule has 0 aliphatic rings. The van der Waals surface area contributed by atoms with Gasteiger partial charge in [-0.05, 0) is 24.6 Å². The Morgan fingerprint density at radius 1 is 1.47 bits per heavy atom. The molecule has 1 aromatic rings. The average molecular weight is 227 g/mol. The van der Waals surface area contributed by atoms with Crippen LogP contribution in [0.5, 0.6) is 5.75 Å². The van der Waals surface area contributed by atoms with Gasteiger partial charge in [-0.25, -0.2) is 8.42 Å². The van der Waals surface area contributed by atoms with E-state index in [1.165, 1.54) is 18.2 Å². The van der Waals surface area contributed by atoms with Crippen molar-refractivity contribution in [2.75, 3.05) is 6.61 Å². The Morgan fingerprint density at radius 2 is 2.07 bits per heavy atom. The summed E-state index contributed by atoms with van der Waals surface area (Å²) in [6.45, 7) is 5.54. The second-order valence-electron chi connectivity index (χ2n) is 3.15. The zero-order valence-electron chi connectivity index (χ0n) is 8.26. The van der Waals surface area contributed by atoms with Crippen LogP contribution in [0.3, 0.4) is 0 Å². The molecule has 0 saturated carbocycles. The van der Waals surface area contributed by atoms with Gasteiger partial charge in [0.15, 0.2) is 0 Å². The highest BCUT2D eigenvalue weighted by molar-refractivity contribution is 7.85. The first-order valence-electron chi connectivity index (χ1n) is 4.23. The van der Waals surface area contributed by atoms with Crippen molar-refractivity contribution in [1.29, 1.82) is 0 Å². The maximum atomic E-state index is 10.8. The summed E-state index contributed by atoms with van der Waals surface area (Å²) in [4.78, 5) is -0.341. The van der Waals surface area contributed by atoms with Crippen molar-refractivity contribution < 1.29 is 17.7 Å². The number of rotatable bonds is 4. The molecule has 82 valence electrons. The van der Waals surface area contributed by atoms with E-state index in [1.807, 2.05) is 0 Å². The maximum absolute atomic E-state index is 10.8. The molecule has 0 amide bonds. The van der Waals surface area contributed by atoms with Crippen molar-refractivity contribution in [2.45, 2.75) is 11.8 Å². The van der Waals surface area contributed by atoms with E-state index in [0.717, 1.165) is 5.57 Å². The lowest BCUT2D eigenvalue weighted by atomic mass is 10.3. The topological polar surface area (TPSA) is 66.4 Å². The van der Waals surface area contributed by atoms with Crippen LogP contribution in [0.15, 0.2) is 41.3 Å². The molecular weight excluding hydrogens is 216 g/mol. The Hall–Kier alpha value is -1.33. The minimum Gasteiger partial charge on any atom is -0.744 e. The molecule has 5 heteroatoms. The molecule has 0 bridgehead atoms. The predicted octanol–water partition coefficient (Wildman–Crippen LogP) is 1.55. The SMILES string of the molecule is C=C(C)COc1ccccc1S(=O)(=O)[O-]. The van der Waals surface area contributed by atoms with Crippen LogP contribution < -0.4 is 4.74 Å². The third kappa shape index (κ3) is 3.38. The van der Waals surface area contributed by atoms with Crippen LogP contribution in [-0.4, -0.2) is 19.6 Å². The fraction of sp³-hybridized carbons (Fsp3) is 0.200. The van der Waals surface area contributed by atoms with Gasteiger partial charge in [-0.1, -0.05) is 18.7 Å². The van der Waals surface area contributed by atoms with Crippen molar-refractivity contribution in [3.05, 3.63) is 36.4 Å². The molecule has 0 unspecified atom stereocenters. The molecular formula is C10H11O4S-. The highest BCUT2D eigenvalue weighted by Gasteiger charge is 2.08. The molecule has 0 aliphatic heterocycles. The van der Waals surface area contributed by atoms with Gasteiger partial charge in [-0.3, -0.25) is 0 Å². The Labute approximate surface area is 88.9 Å². The molecule has 15 heavy (non-hydrogen) atoms. The second-order valence-corrected chi connectivity index (χ2v) is 4.49. The highest BCUT2D eigenvalue weighted by atomic mass is 32.2. The van der Waals surface area contributed by atoms with E-state index in [9.17, 15) is 13.0 Å². The maximum Gasteiger partial charge on any atom is 0.137 e. The summed E-state index contributed by atoms with van der Waals surface area (Å²) < 4.78 is 37.7. The van der Waals surface area contributed by atoms with E-state index in [4.69, 9.17) is 4.74 Å². The van der Waals surface area contributed by atoms with Crippen LogP contribution in [0.25, 0.3) is 0 Å². The van der Waals surface area contributed by atoms with Crippen LogP contribution in [0.4, 0.5) is 0 Å². The highest BCUT2D eigenvalue weighted by Crippen LogP contribution is 2.22. The molecule has 0 N–H and O–H groups in total. The molecule has 1 rings (SSSR count). The molecule has 0 heterocycles. The predicted molar refractivity (Wildman–Crippen MR) is 54.7 cm³/mol. The fourth-order valence-corrected chi connectivity index (χ4v) is 1.60. The number of para-hydroxylation sites is 1. The van der Waals surface area contributed by atoms with E-state index in [2.05, 4.69) is 6.58 Å². The summed E-state index contributed by atoms with van der Waals surface area (Å²) in [6.07, 6.45) is 0. The van der Waals surface area contributed by atoms with E-state index >= 15 is 0 Å². The van der Waals surface area contributed by atoms with Gasteiger partial charge < -0.3 is 9.29 Å². The van der Waals surface area contributed by atoms with E-state index < -0.39 is 10.1 Å².